The summed E-state index contributed by atoms with van der Waals surface area (Å²) in [6.07, 6.45) is 3.54. The second-order valence-electron chi connectivity index (χ2n) is 7.33. The third kappa shape index (κ3) is 5.45. The summed E-state index contributed by atoms with van der Waals surface area (Å²) in [7, 11) is 1.81. The summed E-state index contributed by atoms with van der Waals surface area (Å²) < 4.78 is 3.51. The largest absolute Gasteiger partial charge is 0.329 e. The summed E-state index contributed by atoms with van der Waals surface area (Å²) in [6, 6.07) is 19.3. The van der Waals surface area contributed by atoms with Gasteiger partial charge in [-0.2, -0.15) is 0 Å². The minimum Gasteiger partial charge on any atom is -0.307 e. The van der Waals surface area contributed by atoms with E-state index in [4.69, 9.17) is 23.2 Å². The molecule has 0 aliphatic carbocycles. The van der Waals surface area contributed by atoms with Crippen LogP contribution >= 0.6 is 35.0 Å². The molecule has 0 aliphatic rings. The molecule has 0 aliphatic heterocycles. The molecule has 2 aromatic carbocycles. The van der Waals surface area contributed by atoms with Crippen LogP contribution in [-0.4, -0.2) is 14.1 Å². The van der Waals surface area contributed by atoms with Crippen LogP contribution in [0.15, 0.2) is 87.8 Å². The molecule has 0 saturated carbocycles. The molecule has 5 nitrogen and oxygen atoms in total. The van der Waals surface area contributed by atoms with E-state index >= 15 is 0 Å². The predicted octanol–water partition coefficient (Wildman–Crippen LogP) is 5.38. The van der Waals surface area contributed by atoms with Gasteiger partial charge in [-0.15, -0.1) is 0 Å². The zero-order chi connectivity index (χ0) is 22.5. The molecule has 8 heteroatoms. The smallest absolute Gasteiger partial charge is 0.307 e. The molecular formula is C24H22Cl2N4OS. The van der Waals surface area contributed by atoms with Crippen LogP contribution in [0, 0.1) is 0 Å². The van der Waals surface area contributed by atoms with Crippen LogP contribution in [0.5, 0.6) is 0 Å². The molecule has 4 aromatic rings. The molecule has 2 aromatic heterocycles. The summed E-state index contributed by atoms with van der Waals surface area (Å²) in [5.41, 5.74) is 3.03. The van der Waals surface area contributed by atoms with E-state index in [0.29, 0.717) is 29.7 Å². The molecule has 0 radical (unpaired) electrons. The molecule has 0 fully saturated rings. The predicted molar refractivity (Wildman–Crippen MR) is 131 cm³/mol. The highest BCUT2D eigenvalue weighted by atomic mass is 35.5. The minimum absolute atomic E-state index is 0.0646. The van der Waals surface area contributed by atoms with Gasteiger partial charge in [0.25, 0.3) is 0 Å². The van der Waals surface area contributed by atoms with E-state index in [1.165, 1.54) is 11.8 Å². The van der Waals surface area contributed by atoms with Crippen molar-refractivity contribution in [3.8, 4) is 0 Å². The van der Waals surface area contributed by atoms with Crippen molar-refractivity contribution < 1.29 is 0 Å². The highest BCUT2D eigenvalue weighted by molar-refractivity contribution is 7.99. The molecule has 0 amide bonds. The first-order chi connectivity index (χ1) is 15.5. The van der Waals surface area contributed by atoms with E-state index in [1.54, 1.807) is 27.6 Å². The summed E-state index contributed by atoms with van der Waals surface area (Å²) in [6.45, 7) is 1.69. The zero-order valence-electron chi connectivity index (χ0n) is 17.5. The van der Waals surface area contributed by atoms with Crippen LogP contribution in [0.2, 0.25) is 10.0 Å². The van der Waals surface area contributed by atoms with Crippen molar-refractivity contribution in [2.45, 2.75) is 29.6 Å². The van der Waals surface area contributed by atoms with Gasteiger partial charge in [-0.05, 0) is 41.5 Å². The van der Waals surface area contributed by atoms with Gasteiger partial charge < -0.3 is 5.32 Å². The first kappa shape index (κ1) is 22.7. The molecule has 0 unspecified atom stereocenters. The highest BCUT2D eigenvalue weighted by Crippen LogP contribution is 2.34. The lowest BCUT2D eigenvalue weighted by Crippen LogP contribution is -2.24. The summed E-state index contributed by atoms with van der Waals surface area (Å²) >= 11 is 13.9. The lowest BCUT2D eigenvalue weighted by molar-refractivity contribution is 0.641. The normalized spacial score (nSPS) is 11.1. The third-order valence-corrected chi connectivity index (χ3v) is 6.58. The minimum atomic E-state index is -0.0646. The van der Waals surface area contributed by atoms with Gasteiger partial charge in [-0.25, -0.2) is 4.79 Å². The van der Waals surface area contributed by atoms with Crippen molar-refractivity contribution in [1.29, 1.82) is 0 Å². The fourth-order valence-corrected chi connectivity index (χ4v) is 5.25. The maximum atomic E-state index is 13.2. The Balaban J connectivity index is 1.68. The zero-order valence-corrected chi connectivity index (χ0v) is 19.8. The number of nitrogens with zero attached hydrogens (tertiary/aromatic N) is 3. The number of nitrogens with one attached hydrogen (secondary N) is 1. The van der Waals surface area contributed by atoms with E-state index in [9.17, 15) is 4.79 Å². The third-order valence-electron chi connectivity index (χ3n) is 5.02. The van der Waals surface area contributed by atoms with E-state index in [2.05, 4.69) is 10.3 Å². The van der Waals surface area contributed by atoms with Gasteiger partial charge in [0, 0.05) is 47.5 Å². The Hall–Kier alpha value is -2.51. The summed E-state index contributed by atoms with van der Waals surface area (Å²) in [5.74, 6) is 0. The molecule has 0 bridgehead atoms. The molecule has 1 N–H and O–H groups in total. The number of benzene rings is 2. The van der Waals surface area contributed by atoms with Crippen molar-refractivity contribution in [2.24, 2.45) is 7.05 Å². The van der Waals surface area contributed by atoms with Gasteiger partial charge in [-0.3, -0.25) is 14.1 Å². The van der Waals surface area contributed by atoms with Crippen LogP contribution in [0.1, 0.15) is 16.8 Å². The quantitative estimate of drug-likeness (QED) is 0.364. The number of hydrogen-bond acceptors (Lipinski definition) is 4. The average Bonchev–Trinajstić information content (AvgIpc) is 2.99. The van der Waals surface area contributed by atoms with Crippen molar-refractivity contribution in [1.82, 2.24) is 19.4 Å². The summed E-state index contributed by atoms with van der Waals surface area (Å²) in [5, 5.41) is 5.43. The van der Waals surface area contributed by atoms with E-state index in [0.717, 1.165) is 26.7 Å². The lowest BCUT2D eigenvalue weighted by Gasteiger charge is -2.11. The Bertz CT molecular complexity index is 1240. The second kappa shape index (κ2) is 10.4. The number of halogens is 2. The van der Waals surface area contributed by atoms with Gasteiger partial charge in [0.05, 0.1) is 12.2 Å². The van der Waals surface area contributed by atoms with Gasteiger partial charge in [0.15, 0.2) is 0 Å². The van der Waals surface area contributed by atoms with Gasteiger partial charge in [-0.1, -0.05) is 65.3 Å². The van der Waals surface area contributed by atoms with Crippen LogP contribution < -0.4 is 11.0 Å². The molecule has 4 rings (SSSR count). The van der Waals surface area contributed by atoms with Crippen LogP contribution in [0.25, 0.3) is 0 Å². The number of imidazole rings is 1. The first-order valence-corrected chi connectivity index (χ1v) is 11.6. The number of rotatable bonds is 8. The molecule has 0 saturated heterocycles. The van der Waals surface area contributed by atoms with Crippen molar-refractivity contribution in [3.63, 3.8) is 0 Å². The van der Waals surface area contributed by atoms with Crippen molar-refractivity contribution >= 4 is 35.0 Å². The van der Waals surface area contributed by atoms with Crippen LogP contribution in [0.4, 0.5) is 0 Å². The average molecular weight is 485 g/mol. The van der Waals surface area contributed by atoms with E-state index in [1.807, 2.05) is 61.6 Å². The Morgan fingerprint density at radius 2 is 1.62 bits per heavy atom. The maximum Gasteiger partial charge on any atom is 0.329 e. The monoisotopic (exact) mass is 484 g/mol. The molecule has 2 heterocycles. The van der Waals surface area contributed by atoms with E-state index < -0.39 is 0 Å². The van der Waals surface area contributed by atoms with Crippen LogP contribution in [0.3, 0.4) is 0 Å². The highest BCUT2D eigenvalue weighted by Gasteiger charge is 2.19. The first-order valence-electron chi connectivity index (χ1n) is 10.1. The molecule has 32 heavy (non-hydrogen) atoms. The Labute approximate surface area is 201 Å². The Morgan fingerprint density at radius 3 is 2.31 bits per heavy atom. The van der Waals surface area contributed by atoms with E-state index in [-0.39, 0.29) is 5.69 Å². The molecule has 0 atom stereocenters. The van der Waals surface area contributed by atoms with Gasteiger partial charge >= 0.3 is 5.69 Å². The lowest BCUT2D eigenvalue weighted by atomic mass is 10.2. The fourth-order valence-electron chi connectivity index (χ4n) is 3.42. The number of pyridine rings is 1. The fraction of sp³-hybridized carbons (Fsp3) is 0.167. The molecular weight excluding hydrogens is 463 g/mol. The SMILES string of the molecule is Cn1c(CNCc2ccncc2)c(Sc2cc(Cl)cc(Cl)c2)n(Cc2ccccc2)c1=O. The number of hydrogen-bond donors (Lipinski definition) is 1. The van der Waals surface area contributed by atoms with Crippen molar-refractivity contribution in [3.05, 3.63) is 110 Å². The Kier molecular flexibility index (Phi) is 7.37. The Morgan fingerprint density at radius 1 is 0.938 bits per heavy atom. The van der Waals surface area contributed by atoms with Crippen LogP contribution in [-0.2, 0) is 26.7 Å². The number of aromatic nitrogens is 3. The maximum absolute atomic E-state index is 13.2. The van der Waals surface area contributed by atoms with Gasteiger partial charge in [0.2, 0.25) is 0 Å². The summed E-state index contributed by atoms with van der Waals surface area (Å²) in [4.78, 5) is 18.1. The van der Waals surface area contributed by atoms with Gasteiger partial charge in [0.1, 0.15) is 5.03 Å². The van der Waals surface area contributed by atoms with Crippen molar-refractivity contribution in [2.75, 3.05) is 0 Å². The second-order valence-corrected chi connectivity index (χ2v) is 9.27. The molecule has 0 spiro atoms. The topological polar surface area (TPSA) is 51.9 Å². The molecule has 164 valence electrons. The standard InChI is InChI=1S/C24H22Cl2N4OS/c1-29-22(15-28-14-17-7-9-27-10-8-17)23(32-21-12-19(25)11-20(26)13-21)30(24(29)31)16-18-5-3-2-4-6-18/h2-13,28H,14-16H2,1H3.